The first-order valence-electron chi connectivity index (χ1n) is 10.9. The van der Waals surface area contributed by atoms with Crippen LogP contribution in [0.5, 0.6) is 0 Å². The van der Waals surface area contributed by atoms with Crippen molar-refractivity contribution in [2.75, 3.05) is 0 Å². The highest BCUT2D eigenvalue weighted by molar-refractivity contribution is 6.93. The summed E-state index contributed by atoms with van der Waals surface area (Å²) in [4.78, 5) is 0. The molecule has 0 aromatic carbocycles. The van der Waals surface area contributed by atoms with Crippen LogP contribution in [-0.2, 0) is 0 Å². The van der Waals surface area contributed by atoms with Gasteiger partial charge in [0.05, 0.1) is 0 Å². The van der Waals surface area contributed by atoms with E-state index in [2.05, 4.69) is 46.2 Å². The van der Waals surface area contributed by atoms with Crippen LogP contribution in [0, 0.1) is 0 Å². The molecule has 1 nitrogen and oxygen atoms in total. The summed E-state index contributed by atoms with van der Waals surface area (Å²) in [5, 5.41) is 0. The van der Waals surface area contributed by atoms with Gasteiger partial charge in [0.1, 0.15) is 16.5 Å². The molecule has 3 heteroatoms. The molecule has 0 rings (SSSR count). The lowest BCUT2D eigenvalue weighted by Gasteiger charge is -2.42. The van der Waals surface area contributed by atoms with Gasteiger partial charge in [-0.05, 0) is 36.3 Å². The normalized spacial score (nSPS) is 12.8. The standard InChI is InChI=1S/C20H47NSi2/c1-7-13-15-17-19-22(9-3,10-4)21-23(11-5,12-6)20-18-16-14-8-2/h21H,7-20H2,1-6H3. The predicted molar refractivity (Wildman–Crippen MR) is 114 cm³/mol. The maximum Gasteiger partial charge on any atom is 0.118 e. The maximum absolute atomic E-state index is 4.51. The third-order valence-corrected chi connectivity index (χ3v) is 18.5. The second-order valence-corrected chi connectivity index (χ2v) is 17.7. The van der Waals surface area contributed by atoms with E-state index in [1.54, 1.807) is 0 Å². The Bertz CT molecular complexity index is 234. The van der Waals surface area contributed by atoms with Crippen LogP contribution in [0.2, 0.25) is 36.3 Å². The average molecular weight is 358 g/mol. The van der Waals surface area contributed by atoms with Crippen LogP contribution < -0.4 is 4.65 Å². The molecule has 0 unspecified atom stereocenters. The second kappa shape index (κ2) is 13.7. The molecular formula is C20H47NSi2. The molecule has 0 amide bonds. The molecule has 0 aliphatic rings. The fourth-order valence-electron chi connectivity index (χ4n) is 4.03. The van der Waals surface area contributed by atoms with Gasteiger partial charge in [0.25, 0.3) is 0 Å². The number of hydrogen-bond acceptors (Lipinski definition) is 1. The number of hydrogen-bond donors (Lipinski definition) is 1. The van der Waals surface area contributed by atoms with Crippen LogP contribution in [0.3, 0.4) is 0 Å². The van der Waals surface area contributed by atoms with Gasteiger partial charge in [0, 0.05) is 0 Å². The van der Waals surface area contributed by atoms with Gasteiger partial charge in [-0.1, -0.05) is 92.9 Å². The van der Waals surface area contributed by atoms with Crippen LogP contribution in [0.25, 0.3) is 0 Å². The quantitative estimate of drug-likeness (QED) is 0.220. The molecule has 23 heavy (non-hydrogen) atoms. The predicted octanol–water partition coefficient (Wildman–Crippen LogP) is 7.71. The Kier molecular flexibility index (Phi) is 13.9. The van der Waals surface area contributed by atoms with E-state index in [-0.39, 0.29) is 0 Å². The van der Waals surface area contributed by atoms with Gasteiger partial charge in [-0.25, -0.2) is 0 Å². The van der Waals surface area contributed by atoms with Gasteiger partial charge in [-0.3, -0.25) is 0 Å². The van der Waals surface area contributed by atoms with Crippen LogP contribution in [0.4, 0.5) is 0 Å². The van der Waals surface area contributed by atoms with Gasteiger partial charge < -0.3 is 4.65 Å². The van der Waals surface area contributed by atoms with Crippen LogP contribution in [0.1, 0.15) is 92.9 Å². The van der Waals surface area contributed by atoms with Gasteiger partial charge >= 0.3 is 0 Å². The molecule has 0 bridgehead atoms. The maximum atomic E-state index is 4.51. The van der Waals surface area contributed by atoms with Crippen molar-refractivity contribution in [3.05, 3.63) is 0 Å². The molecule has 0 fully saturated rings. The molecule has 0 aliphatic heterocycles. The Morgan fingerprint density at radius 1 is 0.478 bits per heavy atom. The van der Waals surface area contributed by atoms with Crippen molar-refractivity contribution >= 4 is 16.5 Å². The molecule has 0 saturated carbocycles. The minimum absolute atomic E-state index is 1.23. The van der Waals surface area contributed by atoms with Crippen LogP contribution in [0.15, 0.2) is 0 Å². The molecule has 0 aliphatic carbocycles. The first kappa shape index (κ1) is 23.4. The van der Waals surface area contributed by atoms with Gasteiger partial charge in [-0.15, -0.1) is 0 Å². The average Bonchev–Trinajstić information content (AvgIpc) is 2.60. The van der Waals surface area contributed by atoms with Crippen LogP contribution in [-0.4, -0.2) is 16.5 Å². The highest BCUT2D eigenvalue weighted by atomic mass is 28.4. The Hall–Kier alpha value is 0.394. The van der Waals surface area contributed by atoms with E-state index < -0.39 is 16.5 Å². The molecule has 0 aromatic rings. The highest BCUT2D eigenvalue weighted by Crippen LogP contribution is 2.29. The number of unbranched alkanes of at least 4 members (excludes halogenated alkanes) is 6. The summed E-state index contributed by atoms with van der Waals surface area (Å²) in [5.74, 6) is 0. The van der Waals surface area contributed by atoms with E-state index in [0.29, 0.717) is 0 Å². The van der Waals surface area contributed by atoms with Gasteiger partial charge in [0.2, 0.25) is 0 Å². The fourth-order valence-corrected chi connectivity index (χ4v) is 16.6. The lowest BCUT2D eigenvalue weighted by molar-refractivity contribution is 0.687. The molecule has 0 spiro atoms. The van der Waals surface area contributed by atoms with Crippen molar-refractivity contribution in [3.8, 4) is 0 Å². The minimum atomic E-state index is -1.23. The highest BCUT2D eigenvalue weighted by Gasteiger charge is 2.38. The van der Waals surface area contributed by atoms with Crippen molar-refractivity contribution in [2.45, 2.75) is 129 Å². The van der Waals surface area contributed by atoms with Crippen molar-refractivity contribution in [1.29, 1.82) is 0 Å². The number of rotatable bonds is 16. The van der Waals surface area contributed by atoms with Gasteiger partial charge in [0.15, 0.2) is 0 Å². The van der Waals surface area contributed by atoms with Crippen LogP contribution >= 0.6 is 0 Å². The Morgan fingerprint density at radius 2 is 0.826 bits per heavy atom. The van der Waals surface area contributed by atoms with E-state index >= 15 is 0 Å². The van der Waals surface area contributed by atoms with Crippen molar-refractivity contribution in [1.82, 2.24) is 4.65 Å². The zero-order chi connectivity index (χ0) is 17.6. The molecule has 0 aromatic heterocycles. The molecule has 140 valence electrons. The summed E-state index contributed by atoms with van der Waals surface area (Å²) in [5.41, 5.74) is 0. The molecule has 0 heterocycles. The third-order valence-electron chi connectivity index (χ3n) is 6.26. The SMILES string of the molecule is CCCCCC[Si](CC)(CC)N[Si](CC)(CC)CCCCCC. The van der Waals surface area contributed by atoms with E-state index in [9.17, 15) is 0 Å². The lowest BCUT2D eigenvalue weighted by atomic mass is 10.2. The first-order valence-corrected chi connectivity index (χ1v) is 16.1. The molecule has 1 N–H and O–H groups in total. The fraction of sp³-hybridized carbons (Fsp3) is 1.00. The first-order chi connectivity index (χ1) is 11.1. The van der Waals surface area contributed by atoms with E-state index in [4.69, 9.17) is 0 Å². The topological polar surface area (TPSA) is 12.0 Å². The Labute approximate surface area is 150 Å². The number of nitrogens with one attached hydrogen (secondary N) is 1. The minimum Gasteiger partial charge on any atom is -0.359 e. The van der Waals surface area contributed by atoms with Gasteiger partial charge in [-0.2, -0.15) is 0 Å². The van der Waals surface area contributed by atoms with Crippen molar-refractivity contribution in [3.63, 3.8) is 0 Å². The summed E-state index contributed by atoms with van der Waals surface area (Å²) in [6.45, 7) is 14.6. The third kappa shape index (κ3) is 8.88. The molecule has 0 atom stereocenters. The molecule has 0 saturated heterocycles. The molecule has 0 radical (unpaired) electrons. The Morgan fingerprint density at radius 3 is 1.09 bits per heavy atom. The largest absolute Gasteiger partial charge is 0.359 e. The van der Waals surface area contributed by atoms with Crippen molar-refractivity contribution in [2.24, 2.45) is 0 Å². The smallest absolute Gasteiger partial charge is 0.118 e. The summed E-state index contributed by atoms with van der Waals surface area (Å²) >= 11 is 0. The van der Waals surface area contributed by atoms with E-state index in [1.165, 1.54) is 87.6 Å². The van der Waals surface area contributed by atoms with Crippen molar-refractivity contribution < 1.29 is 0 Å². The second-order valence-electron chi connectivity index (χ2n) is 7.72. The monoisotopic (exact) mass is 357 g/mol. The summed E-state index contributed by atoms with van der Waals surface area (Å²) in [6, 6.07) is 8.84. The van der Waals surface area contributed by atoms with E-state index in [1.807, 2.05) is 0 Å². The zero-order valence-electron chi connectivity index (χ0n) is 17.4. The zero-order valence-corrected chi connectivity index (χ0v) is 19.4. The summed E-state index contributed by atoms with van der Waals surface area (Å²) in [6.07, 6.45) is 11.4. The van der Waals surface area contributed by atoms with E-state index in [0.717, 1.165) is 0 Å². The summed E-state index contributed by atoms with van der Waals surface area (Å²) in [7, 11) is -2.46. The summed E-state index contributed by atoms with van der Waals surface area (Å²) < 4.78 is 4.51. The Balaban J connectivity index is 4.77. The lowest BCUT2D eigenvalue weighted by Crippen LogP contribution is -2.63. The molecular weight excluding hydrogens is 310 g/mol.